The number of amides is 2. The largest absolute Gasteiger partial charge is 0.497 e. The molecule has 1 atom stereocenters. The summed E-state index contributed by atoms with van der Waals surface area (Å²) in [5.74, 6) is 0.468. The fourth-order valence-corrected chi connectivity index (χ4v) is 3.05. The monoisotopic (exact) mass is 314 g/mol. The number of anilines is 2. The van der Waals surface area contributed by atoms with Crippen molar-refractivity contribution in [3.05, 3.63) is 54.6 Å². The molecule has 0 aliphatic carbocycles. The van der Waals surface area contributed by atoms with Gasteiger partial charge in [-0.3, -0.25) is 9.59 Å². The third kappa shape index (κ3) is 2.78. The summed E-state index contributed by atoms with van der Waals surface area (Å²) in [5.41, 5.74) is 1.35. The van der Waals surface area contributed by atoms with Crippen LogP contribution in [0.25, 0.3) is 0 Å². The second kappa shape index (κ2) is 6.11. The first kappa shape index (κ1) is 14.5. The van der Waals surface area contributed by atoms with Gasteiger partial charge in [-0.2, -0.15) is 0 Å². The highest BCUT2D eigenvalue weighted by Gasteiger charge is 2.40. The van der Waals surface area contributed by atoms with Crippen LogP contribution in [0.5, 0.6) is 5.75 Å². The summed E-state index contributed by atoms with van der Waals surface area (Å²) in [6, 6.07) is 16.1. The van der Waals surface area contributed by atoms with Gasteiger partial charge in [-0.1, -0.05) is 18.2 Å². The van der Waals surface area contributed by atoms with Crippen LogP contribution in [0.3, 0.4) is 0 Å². The van der Waals surface area contributed by atoms with E-state index >= 15 is 0 Å². The van der Waals surface area contributed by atoms with Crippen LogP contribution in [0.15, 0.2) is 54.6 Å². The van der Waals surface area contributed by atoms with Crippen LogP contribution in [-0.2, 0) is 4.79 Å². The lowest BCUT2D eigenvalue weighted by atomic mass is 10.3. The van der Waals surface area contributed by atoms with Gasteiger partial charge in [0.05, 0.1) is 12.8 Å². The van der Waals surface area contributed by atoms with Gasteiger partial charge in [-0.05, 0) is 48.2 Å². The van der Waals surface area contributed by atoms with E-state index in [0.717, 1.165) is 23.2 Å². The van der Waals surface area contributed by atoms with Crippen LogP contribution in [0, 0.1) is 0 Å². The Morgan fingerprint density at radius 2 is 1.73 bits per heavy atom. The van der Waals surface area contributed by atoms with Crippen LogP contribution in [0.2, 0.25) is 0 Å². The molecule has 6 heteroatoms. The highest BCUT2D eigenvalue weighted by molar-refractivity contribution is 8.16. The minimum absolute atomic E-state index is 0.267. The number of imide groups is 1. The lowest BCUT2D eigenvalue weighted by Gasteiger charge is -2.14. The number of para-hydroxylation sites is 1. The highest BCUT2D eigenvalue weighted by atomic mass is 32.2. The molecule has 1 N–H and O–H groups in total. The Balaban J connectivity index is 1.76. The molecule has 1 heterocycles. The second-order valence-corrected chi connectivity index (χ2v) is 5.70. The molecule has 0 aromatic heterocycles. The number of carbonyl (C=O) groups is 2. The molecule has 2 aromatic rings. The van der Waals surface area contributed by atoms with Crippen molar-refractivity contribution in [3.8, 4) is 5.75 Å². The first-order valence-electron chi connectivity index (χ1n) is 6.69. The van der Waals surface area contributed by atoms with Gasteiger partial charge >= 0.3 is 0 Å². The van der Waals surface area contributed by atoms with Gasteiger partial charge in [0.15, 0.2) is 5.37 Å². The predicted octanol–water partition coefficient (Wildman–Crippen LogP) is 3.33. The van der Waals surface area contributed by atoms with Gasteiger partial charge in [0.1, 0.15) is 5.75 Å². The molecular weight excluding hydrogens is 300 g/mol. The summed E-state index contributed by atoms with van der Waals surface area (Å²) in [4.78, 5) is 25.7. The van der Waals surface area contributed by atoms with E-state index in [-0.39, 0.29) is 11.1 Å². The number of ether oxygens (including phenoxy) is 1. The number of nitrogens with zero attached hydrogens (tertiary/aromatic N) is 1. The van der Waals surface area contributed by atoms with E-state index in [0.29, 0.717) is 5.69 Å². The fraction of sp³-hybridized carbons (Fsp3) is 0.125. The fourth-order valence-electron chi connectivity index (χ4n) is 2.15. The maximum Gasteiger partial charge on any atom is 0.295 e. The van der Waals surface area contributed by atoms with Crippen LogP contribution in [0.1, 0.15) is 0 Å². The first-order chi connectivity index (χ1) is 10.7. The molecule has 2 amide bonds. The molecule has 112 valence electrons. The molecule has 5 nitrogen and oxygen atoms in total. The SMILES string of the molecule is COc1ccc(N[C@H]2SC(=O)N(c3ccccc3)C2=O)cc1. The van der Waals surface area contributed by atoms with Crippen LogP contribution >= 0.6 is 11.8 Å². The van der Waals surface area contributed by atoms with Crippen molar-refractivity contribution in [3.63, 3.8) is 0 Å². The number of hydrogen-bond donors (Lipinski definition) is 1. The number of benzene rings is 2. The van der Waals surface area contributed by atoms with Crippen molar-refractivity contribution in [2.24, 2.45) is 0 Å². The number of methoxy groups -OCH3 is 1. The summed E-state index contributed by atoms with van der Waals surface area (Å²) in [6.45, 7) is 0. The normalized spacial score (nSPS) is 17.7. The molecule has 2 aromatic carbocycles. The van der Waals surface area contributed by atoms with Crippen molar-refractivity contribution in [2.45, 2.75) is 5.37 Å². The van der Waals surface area contributed by atoms with Crippen LogP contribution in [0.4, 0.5) is 16.2 Å². The molecule has 1 fully saturated rings. The highest BCUT2D eigenvalue weighted by Crippen LogP contribution is 2.32. The maximum atomic E-state index is 12.4. The quantitative estimate of drug-likeness (QED) is 0.938. The van der Waals surface area contributed by atoms with Crippen molar-refractivity contribution < 1.29 is 14.3 Å². The molecule has 22 heavy (non-hydrogen) atoms. The van der Waals surface area contributed by atoms with Crippen molar-refractivity contribution in [2.75, 3.05) is 17.3 Å². The number of hydrogen-bond acceptors (Lipinski definition) is 5. The third-order valence-electron chi connectivity index (χ3n) is 3.25. The Morgan fingerprint density at radius 1 is 1.05 bits per heavy atom. The van der Waals surface area contributed by atoms with Crippen LogP contribution < -0.4 is 15.0 Å². The topological polar surface area (TPSA) is 58.6 Å². The zero-order chi connectivity index (χ0) is 15.5. The Morgan fingerprint density at radius 3 is 2.36 bits per heavy atom. The third-order valence-corrected chi connectivity index (χ3v) is 4.19. The zero-order valence-electron chi connectivity index (χ0n) is 11.9. The van der Waals surface area contributed by atoms with Crippen molar-refractivity contribution in [1.82, 2.24) is 0 Å². The molecule has 0 radical (unpaired) electrons. The van der Waals surface area contributed by atoms with E-state index in [1.165, 1.54) is 4.90 Å². The van der Waals surface area contributed by atoms with E-state index < -0.39 is 5.37 Å². The molecule has 0 bridgehead atoms. The van der Waals surface area contributed by atoms with Gasteiger partial charge in [0.25, 0.3) is 11.1 Å². The molecule has 3 rings (SSSR count). The minimum Gasteiger partial charge on any atom is -0.497 e. The minimum atomic E-state index is -0.624. The summed E-state index contributed by atoms with van der Waals surface area (Å²) < 4.78 is 5.09. The maximum absolute atomic E-state index is 12.4. The number of thioether (sulfide) groups is 1. The van der Waals surface area contributed by atoms with Crippen molar-refractivity contribution in [1.29, 1.82) is 0 Å². The average molecular weight is 314 g/mol. The summed E-state index contributed by atoms with van der Waals surface area (Å²) in [5, 5.41) is 2.17. The van der Waals surface area contributed by atoms with E-state index in [4.69, 9.17) is 4.74 Å². The molecule has 1 aliphatic heterocycles. The lowest BCUT2D eigenvalue weighted by Crippen LogP contribution is -2.34. The lowest BCUT2D eigenvalue weighted by molar-refractivity contribution is -0.116. The number of rotatable bonds is 4. The Kier molecular flexibility index (Phi) is 4.02. The predicted molar refractivity (Wildman–Crippen MR) is 87.3 cm³/mol. The molecule has 1 saturated heterocycles. The van der Waals surface area contributed by atoms with Gasteiger partial charge in [-0.15, -0.1) is 0 Å². The molecule has 0 spiro atoms. The molecule has 1 aliphatic rings. The standard InChI is InChI=1S/C16H14N2O3S/c1-21-13-9-7-11(8-10-13)17-14-15(19)18(16(20)22-14)12-5-3-2-4-6-12/h2-10,14,17H,1H3/t14-/m0/s1. The summed E-state index contributed by atoms with van der Waals surface area (Å²) in [7, 11) is 1.59. The summed E-state index contributed by atoms with van der Waals surface area (Å²) >= 11 is 0.976. The summed E-state index contributed by atoms with van der Waals surface area (Å²) in [6.07, 6.45) is 0. The van der Waals surface area contributed by atoms with E-state index in [2.05, 4.69) is 5.32 Å². The molecule has 0 saturated carbocycles. The second-order valence-electron chi connectivity index (χ2n) is 4.65. The Hall–Kier alpha value is -2.47. The first-order valence-corrected chi connectivity index (χ1v) is 7.57. The van der Waals surface area contributed by atoms with E-state index in [1.807, 2.05) is 18.2 Å². The zero-order valence-corrected chi connectivity index (χ0v) is 12.7. The van der Waals surface area contributed by atoms with Gasteiger partial charge in [0, 0.05) is 5.69 Å². The number of nitrogens with one attached hydrogen (secondary N) is 1. The Bertz CT molecular complexity index is 688. The average Bonchev–Trinajstić information content (AvgIpc) is 2.83. The molecular formula is C16H14N2O3S. The van der Waals surface area contributed by atoms with Gasteiger partial charge in [-0.25, -0.2) is 4.90 Å². The van der Waals surface area contributed by atoms with Crippen molar-refractivity contribution >= 4 is 34.3 Å². The Labute approximate surface area is 132 Å². The van der Waals surface area contributed by atoms with Gasteiger partial charge < -0.3 is 10.1 Å². The van der Waals surface area contributed by atoms with E-state index in [1.54, 1.807) is 43.5 Å². The van der Waals surface area contributed by atoms with Crippen LogP contribution in [-0.4, -0.2) is 23.6 Å². The molecule has 0 unspecified atom stereocenters. The van der Waals surface area contributed by atoms with Gasteiger partial charge in [0.2, 0.25) is 0 Å². The van der Waals surface area contributed by atoms with E-state index in [9.17, 15) is 9.59 Å². The number of carbonyl (C=O) groups excluding carboxylic acids is 2. The smallest absolute Gasteiger partial charge is 0.295 e.